The summed E-state index contributed by atoms with van der Waals surface area (Å²) in [5.41, 5.74) is -0.706. The molecule has 4 unspecified atom stereocenters. The first-order chi connectivity index (χ1) is 13.8. The van der Waals surface area contributed by atoms with Crippen molar-refractivity contribution in [2.24, 2.45) is 17.8 Å². The van der Waals surface area contributed by atoms with Gasteiger partial charge in [0.25, 0.3) is 0 Å². The summed E-state index contributed by atoms with van der Waals surface area (Å²) in [4.78, 5) is 0. The first kappa shape index (κ1) is 23.5. The number of aliphatic hydroxyl groups excluding tert-OH is 1. The van der Waals surface area contributed by atoms with Gasteiger partial charge in [-0.25, -0.2) is 0 Å². The second kappa shape index (κ2) is 11.4. The van der Waals surface area contributed by atoms with Crippen LogP contribution in [0.25, 0.3) is 0 Å². The predicted molar refractivity (Wildman–Crippen MR) is 111 cm³/mol. The van der Waals surface area contributed by atoms with Gasteiger partial charge < -0.3 is 9.84 Å². The number of rotatable bonds is 10. The molecule has 0 bridgehead atoms. The third kappa shape index (κ3) is 7.88. The highest BCUT2D eigenvalue weighted by Crippen LogP contribution is 2.36. The molecule has 5 heteroatoms. The molecule has 2 nitrogen and oxygen atoms in total. The molecule has 0 radical (unpaired) electrons. The van der Waals surface area contributed by atoms with E-state index in [1.54, 1.807) is 0 Å². The molecule has 0 saturated heterocycles. The molecule has 1 aromatic carbocycles. The van der Waals surface area contributed by atoms with Gasteiger partial charge in [-0.1, -0.05) is 57.1 Å². The molecule has 0 aliphatic heterocycles. The van der Waals surface area contributed by atoms with Gasteiger partial charge in [0.2, 0.25) is 0 Å². The monoisotopic (exact) mass is 410 g/mol. The lowest BCUT2D eigenvalue weighted by Crippen LogP contribution is -2.17. The van der Waals surface area contributed by atoms with E-state index in [9.17, 15) is 18.3 Å². The van der Waals surface area contributed by atoms with Gasteiger partial charge >= 0.3 is 6.18 Å². The number of unbranched alkanes of at least 4 members (excludes halogenated alkanes) is 2. The van der Waals surface area contributed by atoms with Crippen LogP contribution in [0.2, 0.25) is 0 Å². The standard InChI is InChI=1S/C24H33F3O2/c1-3-4-5-6-7-9-19-13-15-23(28)22(19)14-12-18(2)17-29-21-11-8-10-20(16-21)24(25,26)27/h6-8,10-12,14,16,18-19,22-23,28H,3-5,9,13,15,17H2,1-2H3/b7-6-,14-12+. The molecule has 4 atom stereocenters. The van der Waals surface area contributed by atoms with Gasteiger partial charge in [0.05, 0.1) is 18.3 Å². The van der Waals surface area contributed by atoms with Crippen molar-refractivity contribution < 1.29 is 23.0 Å². The second-order valence-electron chi connectivity index (χ2n) is 8.03. The lowest BCUT2D eigenvalue weighted by molar-refractivity contribution is -0.137. The van der Waals surface area contributed by atoms with Crippen LogP contribution in [0.1, 0.15) is 57.9 Å². The maximum Gasteiger partial charge on any atom is 0.416 e. The maximum absolute atomic E-state index is 12.8. The zero-order valence-electron chi connectivity index (χ0n) is 17.4. The highest BCUT2D eigenvalue weighted by atomic mass is 19.4. The molecule has 29 heavy (non-hydrogen) atoms. The van der Waals surface area contributed by atoms with Crippen molar-refractivity contribution in [1.29, 1.82) is 0 Å². The summed E-state index contributed by atoms with van der Waals surface area (Å²) in [5.74, 6) is 0.826. The summed E-state index contributed by atoms with van der Waals surface area (Å²) < 4.78 is 43.9. The summed E-state index contributed by atoms with van der Waals surface area (Å²) >= 11 is 0. The normalized spacial score (nSPS) is 23.9. The van der Waals surface area contributed by atoms with Crippen molar-refractivity contribution >= 4 is 0 Å². The fourth-order valence-electron chi connectivity index (χ4n) is 3.72. The van der Waals surface area contributed by atoms with Crippen LogP contribution in [0.4, 0.5) is 13.2 Å². The Hall–Kier alpha value is -1.75. The first-order valence-electron chi connectivity index (χ1n) is 10.6. The number of ether oxygens (including phenoxy) is 1. The van der Waals surface area contributed by atoms with Crippen LogP contribution in [0.3, 0.4) is 0 Å². The summed E-state index contributed by atoms with van der Waals surface area (Å²) in [6.45, 7) is 4.44. The van der Waals surface area contributed by atoms with E-state index in [0.29, 0.717) is 12.5 Å². The molecule has 0 heterocycles. The van der Waals surface area contributed by atoms with Crippen molar-refractivity contribution in [3.05, 3.63) is 54.1 Å². The second-order valence-corrected chi connectivity index (χ2v) is 8.03. The Morgan fingerprint density at radius 2 is 2.03 bits per heavy atom. The average molecular weight is 411 g/mol. The molecule has 1 aromatic rings. The van der Waals surface area contributed by atoms with E-state index in [4.69, 9.17) is 4.74 Å². The van der Waals surface area contributed by atoms with Gasteiger partial charge in [-0.15, -0.1) is 0 Å². The molecule has 1 saturated carbocycles. The summed E-state index contributed by atoms with van der Waals surface area (Å²) in [5, 5.41) is 10.3. The fraction of sp³-hybridized carbons (Fsp3) is 0.583. The number of allylic oxidation sites excluding steroid dienone is 2. The number of hydrogen-bond acceptors (Lipinski definition) is 2. The largest absolute Gasteiger partial charge is 0.493 e. The van der Waals surface area contributed by atoms with Crippen molar-refractivity contribution in [3.63, 3.8) is 0 Å². The van der Waals surface area contributed by atoms with Crippen LogP contribution >= 0.6 is 0 Å². The van der Waals surface area contributed by atoms with E-state index in [1.807, 2.05) is 13.0 Å². The van der Waals surface area contributed by atoms with Gasteiger partial charge in [0.1, 0.15) is 5.75 Å². The SMILES string of the molecule is CCCC/C=C\CC1CCC(O)C1/C=C/C(C)COc1cccc(C(F)(F)F)c1. The van der Waals surface area contributed by atoms with Crippen LogP contribution in [-0.4, -0.2) is 17.8 Å². The topological polar surface area (TPSA) is 29.5 Å². The minimum absolute atomic E-state index is 0.0399. The molecule has 1 aliphatic rings. The maximum atomic E-state index is 12.8. The molecular formula is C24H33F3O2. The zero-order chi connectivity index (χ0) is 21.3. The van der Waals surface area contributed by atoms with Gasteiger partial charge in [-0.05, 0) is 49.8 Å². The van der Waals surface area contributed by atoms with Crippen molar-refractivity contribution in [2.75, 3.05) is 6.61 Å². The van der Waals surface area contributed by atoms with E-state index < -0.39 is 11.7 Å². The predicted octanol–water partition coefficient (Wildman–Crippen LogP) is 6.80. The molecule has 1 fully saturated rings. The van der Waals surface area contributed by atoms with Crippen molar-refractivity contribution in [2.45, 2.75) is 64.7 Å². The summed E-state index contributed by atoms with van der Waals surface area (Å²) in [6, 6.07) is 4.95. The van der Waals surface area contributed by atoms with Crippen molar-refractivity contribution in [3.8, 4) is 5.75 Å². The summed E-state index contributed by atoms with van der Waals surface area (Å²) in [6.07, 6.45) is 10.2. The third-order valence-corrected chi connectivity index (χ3v) is 5.49. The van der Waals surface area contributed by atoms with Gasteiger partial charge in [-0.2, -0.15) is 13.2 Å². The molecule has 0 aromatic heterocycles. The van der Waals surface area contributed by atoms with Gasteiger partial charge in [-0.3, -0.25) is 0 Å². The minimum Gasteiger partial charge on any atom is -0.493 e. The molecule has 0 spiro atoms. The van der Waals surface area contributed by atoms with Crippen LogP contribution < -0.4 is 4.74 Å². The number of alkyl halides is 3. The van der Waals surface area contributed by atoms with Crippen molar-refractivity contribution in [1.82, 2.24) is 0 Å². The molecule has 2 rings (SSSR count). The highest BCUT2D eigenvalue weighted by Gasteiger charge is 2.32. The molecule has 1 N–H and O–H groups in total. The van der Waals surface area contributed by atoms with E-state index in [0.717, 1.165) is 37.8 Å². The Labute approximate surface area is 172 Å². The zero-order valence-corrected chi connectivity index (χ0v) is 17.4. The number of aliphatic hydroxyl groups is 1. The Balaban J connectivity index is 1.85. The van der Waals surface area contributed by atoms with E-state index in [1.165, 1.54) is 25.0 Å². The van der Waals surface area contributed by atoms with Crippen LogP contribution in [0.5, 0.6) is 5.75 Å². The molecule has 1 aliphatic carbocycles. The van der Waals surface area contributed by atoms with Gasteiger partial charge in [0.15, 0.2) is 0 Å². The van der Waals surface area contributed by atoms with E-state index in [2.05, 4.69) is 25.2 Å². The molecule has 0 amide bonds. The Bertz CT molecular complexity index is 666. The molecular weight excluding hydrogens is 377 g/mol. The van der Waals surface area contributed by atoms with E-state index >= 15 is 0 Å². The Morgan fingerprint density at radius 1 is 1.24 bits per heavy atom. The quantitative estimate of drug-likeness (QED) is 0.339. The summed E-state index contributed by atoms with van der Waals surface area (Å²) in [7, 11) is 0. The number of hydrogen-bond donors (Lipinski definition) is 1. The average Bonchev–Trinajstić information content (AvgIpc) is 3.03. The number of benzene rings is 1. The third-order valence-electron chi connectivity index (χ3n) is 5.49. The Morgan fingerprint density at radius 3 is 2.76 bits per heavy atom. The molecule has 162 valence electrons. The lowest BCUT2D eigenvalue weighted by atomic mass is 9.90. The lowest BCUT2D eigenvalue weighted by Gasteiger charge is -2.18. The van der Waals surface area contributed by atoms with Crippen LogP contribution in [0.15, 0.2) is 48.6 Å². The highest BCUT2D eigenvalue weighted by molar-refractivity contribution is 5.30. The van der Waals surface area contributed by atoms with E-state index in [-0.39, 0.29) is 23.7 Å². The number of halogens is 3. The Kier molecular flexibility index (Phi) is 9.28. The van der Waals surface area contributed by atoms with Crippen LogP contribution in [0, 0.1) is 17.8 Å². The first-order valence-corrected chi connectivity index (χ1v) is 10.6. The minimum atomic E-state index is -4.37. The van der Waals surface area contributed by atoms with Crippen LogP contribution in [-0.2, 0) is 6.18 Å². The van der Waals surface area contributed by atoms with Gasteiger partial charge in [0, 0.05) is 11.8 Å². The smallest absolute Gasteiger partial charge is 0.416 e. The fourth-order valence-corrected chi connectivity index (χ4v) is 3.72.